The molecule has 1 aromatic heterocycles. The number of piperazine rings is 1. The van der Waals surface area contributed by atoms with E-state index in [2.05, 4.69) is 83.6 Å². The van der Waals surface area contributed by atoms with Crippen LogP contribution in [0.25, 0.3) is 0 Å². The molecule has 2 heterocycles. The Morgan fingerprint density at radius 1 is 0.926 bits per heavy atom. The van der Waals surface area contributed by atoms with Crippen LogP contribution < -0.4 is 4.90 Å². The van der Waals surface area contributed by atoms with Crippen molar-refractivity contribution in [2.24, 2.45) is 7.05 Å². The van der Waals surface area contributed by atoms with Crippen LogP contribution in [0.4, 0.5) is 5.69 Å². The van der Waals surface area contributed by atoms with Crippen molar-refractivity contribution in [1.82, 2.24) is 14.7 Å². The largest absolute Gasteiger partial charge is 0.363 e. The van der Waals surface area contributed by atoms with E-state index in [1.54, 1.807) is 0 Å². The molecule has 4 rings (SSSR count). The second-order valence-electron chi connectivity index (χ2n) is 7.56. The van der Waals surface area contributed by atoms with E-state index in [0.29, 0.717) is 6.04 Å². The molecule has 4 heteroatoms. The normalized spacial score (nSPS) is 18.0. The molecule has 1 aliphatic rings. The van der Waals surface area contributed by atoms with Gasteiger partial charge in [-0.3, -0.25) is 9.58 Å². The van der Waals surface area contributed by atoms with Gasteiger partial charge in [-0.1, -0.05) is 60.7 Å². The second-order valence-corrected chi connectivity index (χ2v) is 7.56. The lowest BCUT2D eigenvalue weighted by Crippen LogP contribution is -2.51. The zero-order chi connectivity index (χ0) is 18.6. The number of aromatic nitrogens is 2. The topological polar surface area (TPSA) is 24.3 Å². The van der Waals surface area contributed by atoms with Gasteiger partial charge in [0.05, 0.1) is 11.4 Å². The van der Waals surface area contributed by atoms with E-state index in [1.807, 2.05) is 11.7 Å². The van der Waals surface area contributed by atoms with Crippen molar-refractivity contribution < 1.29 is 0 Å². The van der Waals surface area contributed by atoms with Gasteiger partial charge < -0.3 is 4.90 Å². The molecule has 2 aromatic carbocycles. The highest BCUT2D eigenvalue weighted by atomic mass is 15.3. The van der Waals surface area contributed by atoms with Gasteiger partial charge in [-0.15, -0.1) is 0 Å². The van der Waals surface area contributed by atoms with Crippen molar-refractivity contribution in [3.05, 3.63) is 83.7 Å². The van der Waals surface area contributed by atoms with Crippen LogP contribution in [0.1, 0.15) is 23.7 Å². The first-order chi connectivity index (χ1) is 13.2. The summed E-state index contributed by atoms with van der Waals surface area (Å²) in [6, 6.07) is 21.9. The highest BCUT2D eigenvalue weighted by molar-refractivity contribution is 5.52. The van der Waals surface area contributed by atoms with Crippen LogP contribution in [0.2, 0.25) is 0 Å². The molecule has 0 N–H and O–H groups in total. The first kappa shape index (κ1) is 17.8. The van der Waals surface area contributed by atoms with Crippen molar-refractivity contribution in [1.29, 1.82) is 0 Å². The minimum absolute atomic E-state index is 0.473. The predicted molar refractivity (Wildman–Crippen MR) is 111 cm³/mol. The molecule has 0 unspecified atom stereocenters. The first-order valence-corrected chi connectivity index (χ1v) is 9.78. The van der Waals surface area contributed by atoms with Gasteiger partial charge >= 0.3 is 0 Å². The molecule has 1 saturated heterocycles. The lowest BCUT2D eigenvalue weighted by Gasteiger charge is -2.41. The summed E-state index contributed by atoms with van der Waals surface area (Å²) in [4.78, 5) is 5.09. The van der Waals surface area contributed by atoms with Crippen molar-refractivity contribution in [2.75, 3.05) is 24.5 Å². The first-order valence-electron chi connectivity index (χ1n) is 9.78. The van der Waals surface area contributed by atoms with Crippen LogP contribution in [0.3, 0.4) is 0 Å². The van der Waals surface area contributed by atoms with Crippen LogP contribution in [0, 0.1) is 0 Å². The molecule has 0 amide bonds. The summed E-state index contributed by atoms with van der Waals surface area (Å²) in [5.74, 6) is 0. The summed E-state index contributed by atoms with van der Waals surface area (Å²) < 4.78 is 1.96. The Morgan fingerprint density at radius 3 is 2.26 bits per heavy atom. The monoisotopic (exact) mass is 360 g/mol. The molecule has 0 radical (unpaired) electrons. The van der Waals surface area contributed by atoms with Crippen LogP contribution >= 0.6 is 0 Å². The van der Waals surface area contributed by atoms with E-state index >= 15 is 0 Å². The Hall–Kier alpha value is -2.59. The van der Waals surface area contributed by atoms with Gasteiger partial charge in [-0.25, -0.2) is 0 Å². The molecular weight excluding hydrogens is 332 g/mol. The van der Waals surface area contributed by atoms with Crippen molar-refractivity contribution in [3.8, 4) is 0 Å². The van der Waals surface area contributed by atoms with Crippen LogP contribution in [-0.2, 0) is 20.0 Å². The van der Waals surface area contributed by atoms with E-state index in [-0.39, 0.29) is 0 Å². The van der Waals surface area contributed by atoms with Gasteiger partial charge in [0.2, 0.25) is 0 Å². The minimum atomic E-state index is 0.473. The maximum atomic E-state index is 4.76. The zero-order valence-corrected chi connectivity index (χ0v) is 16.3. The molecule has 1 aliphatic heterocycles. The van der Waals surface area contributed by atoms with Crippen molar-refractivity contribution >= 4 is 5.69 Å². The fourth-order valence-electron chi connectivity index (χ4n) is 4.05. The summed E-state index contributed by atoms with van der Waals surface area (Å²) in [5.41, 5.74) is 5.16. The summed E-state index contributed by atoms with van der Waals surface area (Å²) in [7, 11) is 2.02. The molecule has 1 fully saturated rings. The van der Waals surface area contributed by atoms with Gasteiger partial charge in [-0.05, 0) is 18.1 Å². The van der Waals surface area contributed by atoms with Crippen molar-refractivity contribution in [2.45, 2.75) is 25.9 Å². The quantitative estimate of drug-likeness (QED) is 0.693. The summed E-state index contributed by atoms with van der Waals surface area (Å²) in [6.07, 6.45) is 3.07. The van der Waals surface area contributed by atoms with Gasteiger partial charge in [0, 0.05) is 51.9 Å². The third-order valence-corrected chi connectivity index (χ3v) is 5.37. The van der Waals surface area contributed by atoms with E-state index in [4.69, 9.17) is 5.10 Å². The van der Waals surface area contributed by atoms with Gasteiger partial charge in [0.15, 0.2) is 0 Å². The fraction of sp³-hybridized carbons (Fsp3) is 0.348. The van der Waals surface area contributed by atoms with Crippen LogP contribution in [0.5, 0.6) is 0 Å². The zero-order valence-electron chi connectivity index (χ0n) is 16.3. The molecule has 1 atom stereocenters. The number of hydrogen-bond donors (Lipinski definition) is 0. The number of hydrogen-bond acceptors (Lipinski definition) is 3. The Labute approximate surface area is 162 Å². The Kier molecular flexibility index (Phi) is 5.26. The maximum absolute atomic E-state index is 4.76. The molecule has 3 aromatic rings. The smallest absolute Gasteiger partial charge is 0.0901 e. The molecular formula is C23H28N4. The number of rotatable bonds is 5. The van der Waals surface area contributed by atoms with Crippen molar-refractivity contribution in [3.63, 3.8) is 0 Å². The summed E-state index contributed by atoms with van der Waals surface area (Å²) >= 11 is 0. The lowest BCUT2D eigenvalue weighted by molar-refractivity contribution is 0.221. The fourth-order valence-corrected chi connectivity index (χ4v) is 4.05. The lowest BCUT2D eigenvalue weighted by atomic mass is 10.1. The second kappa shape index (κ2) is 7.97. The molecule has 0 saturated carbocycles. The molecule has 140 valence electrons. The average Bonchev–Trinajstić information content (AvgIpc) is 3.03. The minimum Gasteiger partial charge on any atom is -0.363 e. The van der Waals surface area contributed by atoms with Gasteiger partial charge in [0.1, 0.15) is 0 Å². The number of anilines is 1. The summed E-state index contributed by atoms with van der Waals surface area (Å²) in [6.45, 7) is 6.56. The van der Waals surface area contributed by atoms with Gasteiger partial charge in [-0.2, -0.15) is 5.10 Å². The third-order valence-electron chi connectivity index (χ3n) is 5.37. The number of benzene rings is 2. The van der Waals surface area contributed by atoms with E-state index in [0.717, 1.165) is 32.6 Å². The molecule has 0 aliphatic carbocycles. The van der Waals surface area contributed by atoms with Crippen LogP contribution in [0.15, 0.2) is 66.9 Å². The Bertz CT molecular complexity index is 857. The van der Waals surface area contributed by atoms with Crippen LogP contribution in [-0.4, -0.2) is 40.4 Å². The standard InChI is InChI=1S/C23H28N4/c1-19-16-26(17-21-11-7-4-8-12-21)13-14-27(19)23-18-25(2)24-22(23)15-20-9-5-3-6-10-20/h3-12,18-19H,13-17H2,1-2H3/t19-/m0/s1. The molecule has 0 spiro atoms. The Morgan fingerprint density at radius 2 is 1.59 bits per heavy atom. The van der Waals surface area contributed by atoms with E-state index < -0.39 is 0 Å². The van der Waals surface area contributed by atoms with Gasteiger partial charge in [0.25, 0.3) is 0 Å². The molecule has 0 bridgehead atoms. The SMILES string of the molecule is C[C@H]1CN(Cc2ccccc2)CCN1c1cn(C)nc1Cc1ccccc1. The highest BCUT2D eigenvalue weighted by Crippen LogP contribution is 2.26. The maximum Gasteiger partial charge on any atom is 0.0901 e. The third kappa shape index (κ3) is 4.22. The molecule has 27 heavy (non-hydrogen) atoms. The Balaban J connectivity index is 1.47. The van der Waals surface area contributed by atoms with E-state index in [1.165, 1.54) is 22.5 Å². The summed E-state index contributed by atoms with van der Waals surface area (Å²) in [5, 5.41) is 4.76. The average molecular weight is 361 g/mol. The van der Waals surface area contributed by atoms with E-state index in [9.17, 15) is 0 Å². The highest BCUT2D eigenvalue weighted by Gasteiger charge is 2.26. The molecule has 4 nitrogen and oxygen atoms in total. The predicted octanol–water partition coefficient (Wildman–Crippen LogP) is 3.72. The number of nitrogens with zero attached hydrogens (tertiary/aromatic N) is 4. The number of aryl methyl sites for hydroxylation is 1.